The predicted molar refractivity (Wildman–Crippen MR) is 71.3 cm³/mol. The first kappa shape index (κ1) is 11.0. The Labute approximate surface area is 106 Å². The molecule has 1 aliphatic carbocycles. The quantitative estimate of drug-likeness (QED) is 0.648. The van der Waals surface area contributed by atoms with E-state index in [0.29, 0.717) is 0 Å². The Morgan fingerprint density at radius 3 is 2.50 bits per heavy atom. The number of fused-ring (bicyclic) bond motifs is 3. The summed E-state index contributed by atoms with van der Waals surface area (Å²) in [6.07, 6.45) is 0. The van der Waals surface area contributed by atoms with E-state index >= 15 is 0 Å². The summed E-state index contributed by atoms with van der Waals surface area (Å²) < 4.78 is 5.39. The number of carbonyl (C=O) groups excluding carboxylic acids is 1. The van der Waals surface area contributed by atoms with Gasteiger partial charge in [0, 0.05) is 16.7 Å². The van der Waals surface area contributed by atoms with Gasteiger partial charge < -0.3 is 4.74 Å². The zero-order chi connectivity index (χ0) is 12.9. The molecule has 18 heavy (non-hydrogen) atoms. The van der Waals surface area contributed by atoms with Gasteiger partial charge >= 0.3 is 0 Å². The molecule has 0 atom stereocenters. The average molecular weight is 238 g/mol. The standard InChI is InChI=1S/C16H14O2/c1-9-7-10(2)14-12(8-9)15-11(16(14)17)5-4-6-13(15)18-3/h4-8H,1-3H3. The van der Waals surface area contributed by atoms with Crippen LogP contribution in [0.3, 0.4) is 0 Å². The summed E-state index contributed by atoms with van der Waals surface area (Å²) in [5.41, 5.74) is 5.71. The number of hydrogen-bond acceptors (Lipinski definition) is 2. The lowest BCUT2D eigenvalue weighted by molar-refractivity contribution is 0.104. The van der Waals surface area contributed by atoms with Gasteiger partial charge in [0.15, 0.2) is 5.78 Å². The Kier molecular flexibility index (Phi) is 2.27. The van der Waals surface area contributed by atoms with E-state index < -0.39 is 0 Å². The summed E-state index contributed by atoms with van der Waals surface area (Å²) in [7, 11) is 1.64. The molecule has 0 N–H and O–H groups in total. The maximum absolute atomic E-state index is 12.4. The van der Waals surface area contributed by atoms with E-state index in [0.717, 1.165) is 39.1 Å². The highest BCUT2D eigenvalue weighted by atomic mass is 16.5. The topological polar surface area (TPSA) is 26.3 Å². The second kappa shape index (κ2) is 3.70. The van der Waals surface area contributed by atoms with Gasteiger partial charge in [-0.2, -0.15) is 0 Å². The van der Waals surface area contributed by atoms with Crippen molar-refractivity contribution < 1.29 is 9.53 Å². The molecular formula is C16H14O2. The molecule has 0 amide bonds. The van der Waals surface area contributed by atoms with Crippen molar-refractivity contribution in [1.82, 2.24) is 0 Å². The van der Waals surface area contributed by atoms with E-state index in [1.165, 1.54) is 0 Å². The van der Waals surface area contributed by atoms with E-state index in [2.05, 4.69) is 12.1 Å². The van der Waals surface area contributed by atoms with Gasteiger partial charge in [-0.25, -0.2) is 0 Å². The highest BCUT2D eigenvalue weighted by molar-refractivity contribution is 6.23. The normalized spacial score (nSPS) is 12.3. The van der Waals surface area contributed by atoms with Crippen LogP contribution in [0, 0.1) is 13.8 Å². The molecule has 2 aromatic carbocycles. The van der Waals surface area contributed by atoms with Crippen LogP contribution in [0.1, 0.15) is 27.0 Å². The van der Waals surface area contributed by atoms with E-state index in [-0.39, 0.29) is 5.78 Å². The third-order valence-electron chi connectivity index (χ3n) is 3.47. The Balaban J connectivity index is 2.42. The number of ether oxygens (including phenoxy) is 1. The summed E-state index contributed by atoms with van der Waals surface area (Å²) >= 11 is 0. The zero-order valence-corrected chi connectivity index (χ0v) is 10.7. The molecule has 0 unspecified atom stereocenters. The van der Waals surface area contributed by atoms with E-state index in [4.69, 9.17) is 4.74 Å². The lowest BCUT2D eigenvalue weighted by atomic mass is 9.98. The van der Waals surface area contributed by atoms with Gasteiger partial charge in [-0.3, -0.25) is 4.79 Å². The number of aryl methyl sites for hydroxylation is 2. The maximum Gasteiger partial charge on any atom is 0.194 e. The number of rotatable bonds is 1. The minimum Gasteiger partial charge on any atom is -0.496 e. The molecule has 0 heterocycles. The fraction of sp³-hybridized carbons (Fsp3) is 0.188. The van der Waals surface area contributed by atoms with Gasteiger partial charge in [0.05, 0.1) is 7.11 Å². The Hall–Kier alpha value is -2.09. The largest absolute Gasteiger partial charge is 0.496 e. The van der Waals surface area contributed by atoms with Crippen molar-refractivity contribution in [3.63, 3.8) is 0 Å². The van der Waals surface area contributed by atoms with Crippen LogP contribution in [0.4, 0.5) is 0 Å². The molecule has 0 aliphatic heterocycles. The first-order valence-electron chi connectivity index (χ1n) is 5.97. The fourth-order valence-corrected chi connectivity index (χ4v) is 2.77. The van der Waals surface area contributed by atoms with Crippen molar-refractivity contribution >= 4 is 5.78 Å². The van der Waals surface area contributed by atoms with Gasteiger partial charge in [0.1, 0.15) is 5.75 Å². The molecule has 0 bridgehead atoms. The van der Waals surface area contributed by atoms with Crippen molar-refractivity contribution in [2.24, 2.45) is 0 Å². The Morgan fingerprint density at radius 1 is 1.00 bits per heavy atom. The molecule has 0 aromatic heterocycles. The molecule has 0 fully saturated rings. The molecule has 2 aromatic rings. The molecule has 1 aliphatic rings. The zero-order valence-electron chi connectivity index (χ0n) is 10.7. The van der Waals surface area contributed by atoms with E-state index in [9.17, 15) is 4.79 Å². The van der Waals surface area contributed by atoms with Gasteiger partial charge in [-0.05, 0) is 31.0 Å². The van der Waals surface area contributed by atoms with Crippen LogP contribution in [-0.4, -0.2) is 12.9 Å². The van der Waals surface area contributed by atoms with Crippen molar-refractivity contribution in [3.05, 3.63) is 52.6 Å². The first-order valence-corrected chi connectivity index (χ1v) is 5.97. The Morgan fingerprint density at radius 2 is 1.78 bits per heavy atom. The third-order valence-corrected chi connectivity index (χ3v) is 3.47. The summed E-state index contributed by atoms with van der Waals surface area (Å²) in [5, 5.41) is 0. The SMILES string of the molecule is COc1cccc2c1-c1cc(C)cc(C)c1C2=O. The smallest absolute Gasteiger partial charge is 0.194 e. The van der Waals surface area contributed by atoms with Crippen LogP contribution in [0.15, 0.2) is 30.3 Å². The molecule has 0 saturated heterocycles. The fourth-order valence-electron chi connectivity index (χ4n) is 2.77. The molecule has 3 rings (SSSR count). The molecule has 2 nitrogen and oxygen atoms in total. The van der Waals surface area contributed by atoms with Crippen LogP contribution < -0.4 is 4.74 Å². The molecule has 0 saturated carbocycles. The third kappa shape index (κ3) is 1.32. The number of carbonyl (C=O) groups is 1. The maximum atomic E-state index is 12.4. The molecule has 2 heteroatoms. The van der Waals surface area contributed by atoms with Crippen molar-refractivity contribution in [2.75, 3.05) is 7.11 Å². The van der Waals surface area contributed by atoms with Gasteiger partial charge in [-0.15, -0.1) is 0 Å². The van der Waals surface area contributed by atoms with Crippen LogP contribution in [0.2, 0.25) is 0 Å². The minimum absolute atomic E-state index is 0.108. The number of benzene rings is 2. The van der Waals surface area contributed by atoms with E-state index in [1.54, 1.807) is 7.11 Å². The van der Waals surface area contributed by atoms with Crippen molar-refractivity contribution in [2.45, 2.75) is 13.8 Å². The number of methoxy groups -OCH3 is 1. The van der Waals surface area contributed by atoms with Gasteiger partial charge in [-0.1, -0.05) is 29.8 Å². The van der Waals surface area contributed by atoms with Crippen LogP contribution in [0.5, 0.6) is 5.75 Å². The van der Waals surface area contributed by atoms with Gasteiger partial charge in [0.25, 0.3) is 0 Å². The molecule has 0 spiro atoms. The van der Waals surface area contributed by atoms with Crippen molar-refractivity contribution in [3.8, 4) is 16.9 Å². The van der Waals surface area contributed by atoms with Crippen LogP contribution in [-0.2, 0) is 0 Å². The van der Waals surface area contributed by atoms with E-state index in [1.807, 2.05) is 32.0 Å². The summed E-state index contributed by atoms with van der Waals surface area (Å²) in [6, 6.07) is 9.75. The molecular weight excluding hydrogens is 224 g/mol. The number of hydrogen-bond donors (Lipinski definition) is 0. The summed E-state index contributed by atoms with van der Waals surface area (Å²) in [4.78, 5) is 12.4. The molecule has 90 valence electrons. The first-order chi connectivity index (χ1) is 8.63. The lowest BCUT2D eigenvalue weighted by Gasteiger charge is -2.08. The summed E-state index contributed by atoms with van der Waals surface area (Å²) in [5.74, 6) is 0.876. The Bertz CT molecular complexity index is 669. The highest BCUT2D eigenvalue weighted by Crippen LogP contribution is 2.43. The van der Waals surface area contributed by atoms with Crippen LogP contribution >= 0.6 is 0 Å². The summed E-state index contributed by atoms with van der Waals surface area (Å²) in [6.45, 7) is 4.03. The monoisotopic (exact) mass is 238 g/mol. The second-order valence-electron chi connectivity index (χ2n) is 4.72. The van der Waals surface area contributed by atoms with Crippen molar-refractivity contribution in [1.29, 1.82) is 0 Å². The van der Waals surface area contributed by atoms with Gasteiger partial charge in [0.2, 0.25) is 0 Å². The second-order valence-corrected chi connectivity index (χ2v) is 4.72. The molecule has 0 radical (unpaired) electrons. The highest BCUT2D eigenvalue weighted by Gasteiger charge is 2.30. The predicted octanol–water partition coefficient (Wildman–Crippen LogP) is 3.52. The minimum atomic E-state index is 0.108. The average Bonchev–Trinajstić information content (AvgIpc) is 2.63. The lowest BCUT2D eigenvalue weighted by Crippen LogP contribution is -1.98. The van der Waals surface area contributed by atoms with Crippen LogP contribution in [0.25, 0.3) is 11.1 Å². The number of ketones is 1.